The third kappa shape index (κ3) is 2.80. The second-order valence-corrected chi connectivity index (χ2v) is 3.40. The number of rotatable bonds is 3. The monoisotopic (exact) mass is 226 g/mol. The van der Waals surface area contributed by atoms with Gasteiger partial charge in [-0.1, -0.05) is 11.6 Å². The van der Waals surface area contributed by atoms with Gasteiger partial charge in [-0.25, -0.2) is 4.79 Å². The number of esters is 1. The lowest BCUT2D eigenvalue weighted by molar-refractivity contribution is 0.0523. The molecule has 3 nitrogen and oxygen atoms in total. The van der Waals surface area contributed by atoms with Gasteiger partial charge in [0.05, 0.1) is 12.2 Å². The van der Waals surface area contributed by atoms with Gasteiger partial charge in [-0.05, 0) is 32.0 Å². The number of benzene rings is 1. The van der Waals surface area contributed by atoms with E-state index in [2.05, 4.69) is 0 Å². The maximum atomic E-state index is 11.5. The molecule has 0 bridgehead atoms. The first-order valence-corrected chi connectivity index (χ1v) is 4.91. The summed E-state index contributed by atoms with van der Waals surface area (Å²) in [5.41, 5.74) is 0.551. The second kappa shape index (κ2) is 4.94. The van der Waals surface area contributed by atoms with E-state index in [0.717, 1.165) is 0 Å². The molecule has 0 aromatic heterocycles. The van der Waals surface area contributed by atoms with Crippen LogP contribution in [0.5, 0.6) is 0 Å². The zero-order valence-corrected chi connectivity index (χ0v) is 9.30. The Morgan fingerprint density at radius 3 is 2.53 bits per heavy atom. The number of carbonyl (C=O) groups excluding carboxylic acids is 2. The van der Waals surface area contributed by atoms with E-state index in [0.29, 0.717) is 10.6 Å². The van der Waals surface area contributed by atoms with Crippen LogP contribution in [0, 0.1) is 0 Å². The Kier molecular flexibility index (Phi) is 3.86. The molecule has 0 aliphatic carbocycles. The summed E-state index contributed by atoms with van der Waals surface area (Å²) in [5, 5.41) is 0.406. The number of ether oxygens (including phenoxy) is 1. The largest absolute Gasteiger partial charge is 0.462 e. The first kappa shape index (κ1) is 11.7. The lowest BCUT2D eigenvalue weighted by atomic mass is 10.0. The lowest BCUT2D eigenvalue weighted by Crippen LogP contribution is -2.10. The molecule has 0 saturated heterocycles. The van der Waals surface area contributed by atoms with E-state index in [4.69, 9.17) is 16.3 Å². The molecule has 0 atom stereocenters. The van der Waals surface area contributed by atoms with Gasteiger partial charge in [-0.3, -0.25) is 4.79 Å². The zero-order valence-electron chi connectivity index (χ0n) is 8.54. The van der Waals surface area contributed by atoms with Crippen LogP contribution in [0.4, 0.5) is 0 Å². The predicted octanol–water partition coefficient (Wildman–Crippen LogP) is 2.72. The lowest BCUT2D eigenvalue weighted by Gasteiger charge is -2.06. The molecule has 0 amide bonds. The highest BCUT2D eigenvalue weighted by Gasteiger charge is 2.15. The Bertz CT molecular complexity index is 399. The van der Waals surface area contributed by atoms with Crippen molar-refractivity contribution < 1.29 is 14.3 Å². The number of hydrogen-bond donors (Lipinski definition) is 0. The van der Waals surface area contributed by atoms with Gasteiger partial charge < -0.3 is 4.74 Å². The first-order valence-electron chi connectivity index (χ1n) is 4.54. The summed E-state index contributed by atoms with van der Waals surface area (Å²) in [6.07, 6.45) is 0. The molecule has 0 aliphatic rings. The number of carbonyl (C=O) groups is 2. The molecule has 0 radical (unpaired) electrons. The van der Waals surface area contributed by atoms with Gasteiger partial charge in [0.1, 0.15) is 0 Å². The molecule has 4 heteroatoms. The summed E-state index contributed by atoms with van der Waals surface area (Å²) in [5.74, 6) is -0.708. The Morgan fingerprint density at radius 2 is 2.00 bits per heavy atom. The van der Waals surface area contributed by atoms with E-state index < -0.39 is 5.97 Å². The van der Waals surface area contributed by atoms with Gasteiger partial charge in [-0.15, -0.1) is 0 Å². The Balaban J connectivity index is 3.18. The minimum Gasteiger partial charge on any atom is -0.462 e. The van der Waals surface area contributed by atoms with Gasteiger partial charge in [-0.2, -0.15) is 0 Å². The minimum atomic E-state index is -0.523. The highest BCUT2D eigenvalue weighted by Crippen LogP contribution is 2.17. The van der Waals surface area contributed by atoms with Crippen molar-refractivity contribution in [2.75, 3.05) is 6.61 Å². The van der Waals surface area contributed by atoms with Gasteiger partial charge in [0.25, 0.3) is 0 Å². The maximum Gasteiger partial charge on any atom is 0.338 e. The smallest absolute Gasteiger partial charge is 0.338 e. The quantitative estimate of drug-likeness (QED) is 0.588. The average molecular weight is 227 g/mol. The van der Waals surface area contributed by atoms with Crippen molar-refractivity contribution in [3.63, 3.8) is 0 Å². The van der Waals surface area contributed by atoms with E-state index in [1.807, 2.05) is 0 Å². The molecule has 0 heterocycles. The minimum absolute atomic E-state index is 0.185. The molecule has 1 aromatic rings. The fraction of sp³-hybridized carbons (Fsp3) is 0.273. The van der Waals surface area contributed by atoms with Crippen molar-refractivity contribution in [3.05, 3.63) is 34.3 Å². The van der Waals surface area contributed by atoms with Gasteiger partial charge in [0.15, 0.2) is 5.78 Å². The number of hydrogen-bond acceptors (Lipinski definition) is 3. The third-order valence-corrected chi connectivity index (χ3v) is 2.09. The molecule has 80 valence electrons. The van der Waals surface area contributed by atoms with Crippen LogP contribution < -0.4 is 0 Å². The Morgan fingerprint density at radius 1 is 1.33 bits per heavy atom. The summed E-state index contributed by atoms with van der Waals surface area (Å²) in [6, 6.07) is 4.54. The van der Waals surface area contributed by atoms with Crippen molar-refractivity contribution in [1.29, 1.82) is 0 Å². The molecule has 15 heavy (non-hydrogen) atoms. The molecule has 0 saturated carbocycles. The van der Waals surface area contributed by atoms with Crippen LogP contribution in [0.25, 0.3) is 0 Å². The molecule has 0 N–H and O–H groups in total. The van der Waals surface area contributed by atoms with E-state index in [1.54, 1.807) is 13.0 Å². The molecule has 0 fully saturated rings. The van der Waals surface area contributed by atoms with Crippen molar-refractivity contribution in [1.82, 2.24) is 0 Å². The molecule has 0 unspecified atom stereocenters. The van der Waals surface area contributed by atoms with Gasteiger partial charge in [0, 0.05) is 10.6 Å². The predicted molar refractivity (Wildman–Crippen MR) is 57.4 cm³/mol. The molecule has 1 rings (SSSR count). The van der Waals surface area contributed by atoms with E-state index >= 15 is 0 Å². The van der Waals surface area contributed by atoms with E-state index in [1.165, 1.54) is 19.1 Å². The Labute approximate surface area is 93.0 Å². The summed E-state index contributed by atoms with van der Waals surface area (Å²) in [4.78, 5) is 22.7. The summed E-state index contributed by atoms with van der Waals surface area (Å²) >= 11 is 5.75. The topological polar surface area (TPSA) is 43.4 Å². The van der Waals surface area contributed by atoms with Crippen LogP contribution in [0.15, 0.2) is 18.2 Å². The van der Waals surface area contributed by atoms with Crippen LogP contribution in [0.2, 0.25) is 5.02 Å². The highest BCUT2D eigenvalue weighted by molar-refractivity contribution is 6.31. The van der Waals surface area contributed by atoms with Crippen LogP contribution in [-0.4, -0.2) is 18.4 Å². The maximum absolute atomic E-state index is 11.5. The van der Waals surface area contributed by atoms with Gasteiger partial charge in [0.2, 0.25) is 0 Å². The normalized spacial score (nSPS) is 9.80. The van der Waals surface area contributed by atoms with Crippen LogP contribution >= 0.6 is 11.6 Å². The molecule has 0 spiro atoms. The first-order chi connectivity index (χ1) is 7.06. The summed E-state index contributed by atoms with van der Waals surface area (Å²) in [6.45, 7) is 3.37. The van der Waals surface area contributed by atoms with Crippen molar-refractivity contribution in [3.8, 4) is 0 Å². The number of halogens is 1. The van der Waals surface area contributed by atoms with Crippen molar-refractivity contribution in [2.24, 2.45) is 0 Å². The van der Waals surface area contributed by atoms with Crippen molar-refractivity contribution >= 4 is 23.4 Å². The highest BCUT2D eigenvalue weighted by atomic mass is 35.5. The second-order valence-electron chi connectivity index (χ2n) is 2.97. The zero-order chi connectivity index (χ0) is 11.4. The van der Waals surface area contributed by atoms with Crippen molar-refractivity contribution in [2.45, 2.75) is 13.8 Å². The SMILES string of the molecule is CCOC(=O)c1cc(Cl)ccc1C(C)=O. The molecular formula is C11H11ClO3. The average Bonchev–Trinajstić information content (AvgIpc) is 2.17. The number of Topliss-reactive ketones (excluding diaryl/α,β-unsaturated/α-hetero) is 1. The molecule has 0 aliphatic heterocycles. The van der Waals surface area contributed by atoms with E-state index in [9.17, 15) is 9.59 Å². The molecular weight excluding hydrogens is 216 g/mol. The van der Waals surface area contributed by atoms with Gasteiger partial charge >= 0.3 is 5.97 Å². The summed E-state index contributed by atoms with van der Waals surface area (Å²) < 4.78 is 4.82. The fourth-order valence-corrected chi connectivity index (χ4v) is 1.37. The van der Waals surface area contributed by atoms with Crippen LogP contribution in [-0.2, 0) is 4.74 Å². The number of ketones is 1. The standard InChI is InChI=1S/C11H11ClO3/c1-3-15-11(14)10-6-8(12)4-5-9(10)7(2)13/h4-6H,3H2,1-2H3. The third-order valence-electron chi connectivity index (χ3n) is 1.86. The van der Waals surface area contributed by atoms with E-state index in [-0.39, 0.29) is 18.0 Å². The summed E-state index contributed by atoms with van der Waals surface area (Å²) in [7, 11) is 0. The molecule has 1 aromatic carbocycles. The van der Waals surface area contributed by atoms with Crippen LogP contribution in [0.3, 0.4) is 0 Å². The fourth-order valence-electron chi connectivity index (χ4n) is 1.20. The Hall–Kier alpha value is -1.35. The van der Waals surface area contributed by atoms with Crippen LogP contribution in [0.1, 0.15) is 34.6 Å².